The van der Waals surface area contributed by atoms with Crippen LogP contribution in [0.25, 0.3) is 0 Å². The van der Waals surface area contributed by atoms with E-state index in [4.69, 9.17) is 21.1 Å². The number of aromatic nitrogens is 2. The van der Waals surface area contributed by atoms with E-state index in [0.717, 1.165) is 22.5 Å². The number of amides is 1. The van der Waals surface area contributed by atoms with Gasteiger partial charge in [-0.3, -0.25) is 25.0 Å². The molecule has 0 aliphatic carbocycles. The van der Waals surface area contributed by atoms with E-state index in [-0.39, 0.29) is 23.0 Å². The summed E-state index contributed by atoms with van der Waals surface area (Å²) in [4.78, 5) is 33.9. The summed E-state index contributed by atoms with van der Waals surface area (Å²) in [5, 5.41) is 29.4. The van der Waals surface area contributed by atoms with Crippen LogP contribution in [-0.4, -0.2) is 32.6 Å². The summed E-state index contributed by atoms with van der Waals surface area (Å²) in [7, 11) is 1.22. The molecule has 3 aromatic rings. The van der Waals surface area contributed by atoms with Gasteiger partial charge in [-0.15, -0.1) is 5.10 Å². The van der Waals surface area contributed by atoms with E-state index in [9.17, 15) is 25.0 Å². The number of anilines is 1. The average molecular weight is 476 g/mol. The summed E-state index contributed by atoms with van der Waals surface area (Å²) in [6.07, 6.45) is 1.06. The van der Waals surface area contributed by atoms with Crippen molar-refractivity contribution in [3.8, 4) is 17.4 Å². The molecule has 3 rings (SSSR count). The molecule has 33 heavy (non-hydrogen) atoms. The number of aryl methyl sites for hydroxylation is 1. The van der Waals surface area contributed by atoms with Gasteiger partial charge in [-0.05, 0) is 37.6 Å². The Morgan fingerprint density at radius 2 is 1.88 bits per heavy atom. The number of benzene rings is 2. The number of nitro benzene ring substituents is 1. The van der Waals surface area contributed by atoms with E-state index in [1.54, 1.807) is 25.1 Å². The normalized spacial score (nSPS) is 11.5. The van der Waals surface area contributed by atoms with Gasteiger partial charge >= 0.3 is 11.6 Å². The zero-order chi connectivity index (χ0) is 24.3. The minimum absolute atomic E-state index is 0.0929. The highest BCUT2D eigenvalue weighted by atomic mass is 35.5. The third-order valence-corrected chi connectivity index (χ3v) is 5.01. The number of halogens is 1. The molecule has 1 heterocycles. The molecule has 12 nitrogen and oxygen atoms in total. The van der Waals surface area contributed by atoms with Gasteiger partial charge in [-0.2, -0.15) is 0 Å². The van der Waals surface area contributed by atoms with Gasteiger partial charge in [0, 0.05) is 17.2 Å². The molecule has 0 aliphatic rings. The first-order valence-corrected chi connectivity index (χ1v) is 9.78. The summed E-state index contributed by atoms with van der Waals surface area (Å²) in [6, 6.07) is 7.70. The smallest absolute Gasteiger partial charge is 0.350 e. The van der Waals surface area contributed by atoms with Crippen molar-refractivity contribution < 1.29 is 24.1 Å². The first-order valence-electron chi connectivity index (χ1n) is 9.41. The van der Waals surface area contributed by atoms with E-state index < -0.39 is 27.5 Å². The molecule has 0 fully saturated rings. The van der Waals surface area contributed by atoms with Crippen molar-refractivity contribution in [3.63, 3.8) is 0 Å². The number of carbonyl (C=O) groups is 1. The fraction of sp³-hybridized carbons (Fsp3) is 0.200. The predicted molar refractivity (Wildman–Crippen MR) is 118 cm³/mol. The molecule has 1 aromatic heterocycles. The number of ether oxygens (including phenoxy) is 2. The van der Waals surface area contributed by atoms with Crippen LogP contribution in [-0.2, 0) is 4.79 Å². The lowest BCUT2D eigenvalue weighted by atomic mass is 10.2. The van der Waals surface area contributed by atoms with Gasteiger partial charge in [0.1, 0.15) is 23.7 Å². The predicted octanol–water partition coefficient (Wildman–Crippen LogP) is 4.66. The molecule has 0 bridgehead atoms. The van der Waals surface area contributed by atoms with Crippen LogP contribution in [0.1, 0.15) is 18.5 Å². The van der Waals surface area contributed by atoms with Crippen LogP contribution < -0.4 is 14.8 Å². The second-order valence-electron chi connectivity index (χ2n) is 6.91. The molecule has 2 aromatic carbocycles. The van der Waals surface area contributed by atoms with Crippen molar-refractivity contribution in [2.45, 2.75) is 19.9 Å². The number of hydrogen-bond donors (Lipinski definition) is 1. The molecule has 1 amide bonds. The van der Waals surface area contributed by atoms with Crippen molar-refractivity contribution in [2.24, 2.45) is 0 Å². The van der Waals surface area contributed by atoms with Crippen LogP contribution in [0.5, 0.6) is 17.4 Å². The molecule has 0 saturated heterocycles. The Labute approximate surface area is 192 Å². The number of nitrogens with one attached hydrogen (secondary N) is 1. The molecule has 0 saturated carbocycles. The lowest BCUT2D eigenvalue weighted by Gasteiger charge is -2.13. The zero-order valence-electron chi connectivity index (χ0n) is 17.6. The van der Waals surface area contributed by atoms with Gasteiger partial charge in [0.15, 0.2) is 0 Å². The minimum atomic E-state index is -0.991. The summed E-state index contributed by atoms with van der Waals surface area (Å²) >= 11 is 6.01. The monoisotopic (exact) mass is 475 g/mol. The Hall–Kier alpha value is -4.19. The molecule has 13 heteroatoms. The highest BCUT2D eigenvalue weighted by Crippen LogP contribution is 2.32. The molecular weight excluding hydrogens is 458 g/mol. The van der Waals surface area contributed by atoms with Crippen LogP contribution in [0.15, 0.2) is 42.6 Å². The molecule has 1 unspecified atom stereocenters. The topological polar surface area (TPSA) is 152 Å². The number of non-ortho nitro benzene ring substituents is 1. The second-order valence-corrected chi connectivity index (χ2v) is 7.32. The quantitative estimate of drug-likeness (QED) is 0.364. The summed E-state index contributed by atoms with van der Waals surface area (Å²) in [5.41, 5.74) is 0.139. The van der Waals surface area contributed by atoms with Crippen molar-refractivity contribution in [3.05, 3.63) is 73.4 Å². The SMILES string of the molecule is COc1nn(C(C)C(=O)Nc2cc(Oc3ccc(Cl)c(C)c3)cc([N+](=O)[O-])c2)cc1[N+](=O)[O-]. The number of hydrogen-bond acceptors (Lipinski definition) is 8. The number of nitrogens with zero attached hydrogens (tertiary/aromatic N) is 4. The second kappa shape index (κ2) is 9.53. The van der Waals surface area contributed by atoms with Gasteiger partial charge in [-0.1, -0.05) is 11.6 Å². The number of nitro groups is 2. The number of carbonyl (C=O) groups excluding carboxylic acids is 1. The van der Waals surface area contributed by atoms with Gasteiger partial charge < -0.3 is 14.8 Å². The first kappa shape index (κ1) is 23.5. The highest BCUT2D eigenvalue weighted by Gasteiger charge is 2.25. The Morgan fingerprint density at radius 1 is 1.15 bits per heavy atom. The van der Waals surface area contributed by atoms with Gasteiger partial charge in [0.2, 0.25) is 5.91 Å². The number of rotatable bonds is 8. The van der Waals surface area contributed by atoms with Crippen LogP contribution in [0.2, 0.25) is 5.02 Å². The van der Waals surface area contributed by atoms with Gasteiger partial charge in [0.25, 0.3) is 5.69 Å². The van der Waals surface area contributed by atoms with E-state index in [1.807, 2.05) is 0 Å². The van der Waals surface area contributed by atoms with Crippen molar-refractivity contribution in [2.75, 3.05) is 12.4 Å². The van der Waals surface area contributed by atoms with Crippen molar-refractivity contribution in [1.82, 2.24) is 9.78 Å². The maximum atomic E-state index is 12.7. The molecule has 1 N–H and O–H groups in total. The average Bonchev–Trinajstić information content (AvgIpc) is 3.20. The standard InChI is InChI=1S/C20H18ClN5O7/c1-11-6-15(4-5-17(11)21)33-16-8-13(7-14(9-16)25(28)29)22-19(27)12(2)24-10-18(26(30)31)20(23-24)32-3/h4-10,12H,1-3H3,(H,22,27). The van der Waals surface area contributed by atoms with Crippen LogP contribution in [0.4, 0.5) is 17.1 Å². The van der Waals surface area contributed by atoms with Crippen LogP contribution >= 0.6 is 11.6 Å². The Morgan fingerprint density at radius 3 is 2.45 bits per heavy atom. The lowest BCUT2D eigenvalue weighted by molar-refractivity contribution is -0.385. The van der Waals surface area contributed by atoms with E-state index in [1.165, 1.54) is 26.2 Å². The minimum Gasteiger partial charge on any atom is -0.475 e. The van der Waals surface area contributed by atoms with Crippen LogP contribution in [0, 0.1) is 27.2 Å². The molecule has 0 spiro atoms. The first-order chi connectivity index (χ1) is 15.6. The Balaban J connectivity index is 1.86. The maximum absolute atomic E-state index is 12.7. The molecule has 0 radical (unpaired) electrons. The van der Waals surface area contributed by atoms with E-state index >= 15 is 0 Å². The van der Waals surface area contributed by atoms with E-state index in [2.05, 4.69) is 10.4 Å². The summed E-state index contributed by atoms with van der Waals surface area (Å²) in [6.45, 7) is 3.24. The molecule has 172 valence electrons. The Kier molecular flexibility index (Phi) is 6.78. The largest absolute Gasteiger partial charge is 0.475 e. The fourth-order valence-electron chi connectivity index (χ4n) is 2.84. The molecule has 0 aliphatic heterocycles. The van der Waals surface area contributed by atoms with E-state index in [0.29, 0.717) is 10.8 Å². The fourth-order valence-corrected chi connectivity index (χ4v) is 2.96. The number of methoxy groups -OCH3 is 1. The maximum Gasteiger partial charge on any atom is 0.350 e. The van der Waals surface area contributed by atoms with Gasteiger partial charge in [-0.25, -0.2) is 4.68 Å². The van der Waals surface area contributed by atoms with Crippen LogP contribution in [0.3, 0.4) is 0 Å². The highest BCUT2D eigenvalue weighted by molar-refractivity contribution is 6.31. The third kappa shape index (κ3) is 5.36. The zero-order valence-corrected chi connectivity index (χ0v) is 18.4. The molecular formula is C20H18ClN5O7. The summed E-state index contributed by atoms with van der Waals surface area (Å²) < 4.78 is 11.6. The third-order valence-electron chi connectivity index (χ3n) is 4.58. The van der Waals surface area contributed by atoms with Gasteiger partial charge in [0.05, 0.1) is 28.7 Å². The molecule has 1 atom stereocenters. The Bertz CT molecular complexity index is 1240. The summed E-state index contributed by atoms with van der Waals surface area (Å²) in [5.74, 6) is -0.350. The lowest BCUT2D eigenvalue weighted by Crippen LogP contribution is -2.24. The van der Waals surface area contributed by atoms with Crippen molar-refractivity contribution in [1.29, 1.82) is 0 Å². The van der Waals surface area contributed by atoms with Crippen molar-refractivity contribution >= 4 is 34.6 Å².